The zero-order valence-corrected chi connectivity index (χ0v) is 11.8. The molecule has 22 heavy (non-hydrogen) atoms. The summed E-state index contributed by atoms with van der Waals surface area (Å²) in [6.45, 7) is 0. The first-order chi connectivity index (χ1) is 10.9. The number of aromatic amines is 1. The van der Waals surface area contributed by atoms with E-state index in [4.69, 9.17) is 0 Å². The third-order valence-corrected chi connectivity index (χ3v) is 4.90. The molecule has 2 heteroatoms. The van der Waals surface area contributed by atoms with Crippen molar-refractivity contribution in [2.24, 2.45) is 0 Å². The zero-order chi connectivity index (χ0) is 14.3. The fourth-order valence-electron chi connectivity index (χ4n) is 3.97. The van der Waals surface area contributed by atoms with E-state index in [1.54, 1.807) is 0 Å². The third kappa shape index (κ3) is 1.06. The van der Waals surface area contributed by atoms with Crippen molar-refractivity contribution in [3.05, 3.63) is 66.9 Å². The van der Waals surface area contributed by atoms with Crippen LogP contribution in [0, 0.1) is 0 Å². The lowest BCUT2D eigenvalue weighted by molar-refractivity contribution is 1.30. The number of para-hydroxylation sites is 2. The molecule has 0 bridgehead atoms. The lowest BCUT2D eigenvalue weighted by atomic mass is 10.1. The molecule has 102 valence electrons. The van der Waals surface area contributed by atoms with Crippen LogP contribution in [0.3, 0.4) is 0 Å². The van der Waals surface area contributed by atoms with E-state index in [1.807, 2.05) is 0 Å². The zero-order valence-electron chi connectivity index (χ0n) is 11.8. The summed E-state index contributed by atoms with van der Waals surface area (Å²) >= 11 is 0. The molecule has 0 spiro atoms. The molecule has 2 nitrogen and oxygen atoms in total. The minimum Gasteiger partial charge on any atom is -0.354 e. The van der Waals surface area contributed by atoms with Crippen LogP contribution in [-0.2, 0) is 0 Å². The van der Waals surface area contributed by atoms with Crippen LogP contribution >= 0.6 is 0 Å². The van der Waals surface area contributed by atoms with Crippen LogP contribution in [0.15, 0.2) is 66.9 Å². The third-order valence-electron chi connectivity index (χ3n) is 4.90. The fourth-order valence-corrected chi connectivity index (χ4v) is 3.97. The highest BCUT2D eigenvalue weighted by Crippen LogP contribution is 2.39. The van der Waals surface area contributed by atoms with E-state index in [2.05, 4.69) is 76.2 Å². The maximum atomic E-state index is 3.60. The van der Waals surface area contributed by atoms with Crippen LogP contribution in [0.1, 0.15) is 0 Å². The summed E-state index contributed by atoms with van der Waals surface area (Å²) in [4.78, 5) is 3.60. The molecular formula is C20H12N2. The SMILES string of the molecule is c1ccc2c(c1)[nH]c1c2cc2c3ccccc3n3ccc1c23. The van der Waals surface area contributed by atoms with Gasteiger partial charge in [0.15, 0.2) is 0 Å². The summed E-state index contributed by atoms with van der Waals surface area (Å²) < 4.78 is 2.31. The number of hydrogen-bond acceptors (Lipinski definition) is 0. The van der Waals surface area contributed by atoms with Crippen LogP contribution in [0.25, 0.3) is 49.0 Å². The van der Waals surface area contributed by atoms with Crippen molar-refractivity contribution in [2.45, 2.75) is 0 Å². The molecule has 0 saturated carbocycles. The summed E-state index contributed by atoms with van der Waals surface area (Å²) in [6, 6.07) is 21.8. The molecule has 3 aromatic heterocycles. The quantitative estimate of drug-likeness (QED) is 0.389. The molecule has 3 heterocycles. The van der Waals surface area contributed by atoms with Gasteiger partial charge in [0, 0.05) is 38.6 Å². The Bertz CT molecular complexity index is 1320. The normalized spacial score (nSPS) is 12.5. The fraction of sp³-hybridized carbons (Fsp3) is 0. The number of rotatable bonds is 0. The van der Waals surface area contributed by atoms with Crippen molar-refractivity contribution in [1.82, 2.24) is 9.38 Å². The molecule has 6 rings (SSSR count). The second-order valence-corrected chi connectivity index (χ2v) is 5.98. The van der Waals surface area contributed by atoms with E-state index in [0.29, 0.717) is 0 Å². The van der Waals surface area contributed by atoms with E-state index < -0.39 is 0 Å². The highest BCUT2D eigenvalue weighted by atomic mass is 14.9. The molecule has 0 radical (unpaired) electrons. The standard InChI is InChI=1S/C20H12N2/c1-3-7-17-12(5-1)15-11-16-13-6-2-4-8-18(13)22-10-9-14(20(16)22)19(15)21-17/h1-11,21H. The van der Waals surface area contributed by atoms with Gasteiger partial charge < -0.3 is 9.38 Å². The van der Waals surface area contributed by atoms with Gasteiger partial charge in [0.05, 0.1) is 16.6 Å². The molecule has 0 saturated heterocycles. The second-order valence-electron chi connectivity index (χ2n) is 5.98. The first kappa shape index (κ1) is 10.7. The van der Waals surface area contributed by atoms with Gasteiger partial charge in [-0.2, -0.15) is 0 Å². The van der Waals surface area contributed by atoms with Crippen LogP contribution < -0.4 is 0 Å². The van der Waals surface area contributed by atoms with Crippen molar-refractivity contribution in [1.29, 1.82) is 0 Å². The predicted octanol–water partition coefficient (Wildman–Crippen LogP) is 5.32. The highest BCUT2D eigenvalue weighted by Gasteiger charge is 2.16. The molecule has 0 aliphatic heterocycles. The molecule has 0 aliphatic rings. The van der Waals surface area contributed by atoms with E-state index in [9.17, 15) is 0 Å². The molecule has 0 atom stereocenters. The Balaban J connectivity index is 2.03. The van der Waals surface area contributed by atoms with Gasteiger partial charge in [-0.05, 0) is 24.3 Å². The number of aromatic nitrogens is 2. The topological polar surface area (TPSA) is 20.2 Å². The van der Waals surface area contributed by atoms with E-state index in [-0.39, 0.29) is 0 Å². The number of nitrogens with one attached hydrogen (secondary N) is 1. The van der Waals surface area contributed by atoms with Crippen LogP contribution in [0.2, 0.25) is 0 Å². The molecule has 0 unspecified atom stereocenters. The summed E-state index contributed by atoms with van der Waals surface area (Å²) in [5.74, 6) is 0. The summed E-state index contributed by atoms with van der Waals surface area (Å²) in [5.41, 5.74) is 5.05. The molecule has 0 aliphatic carbocycles. The minimum atomic E-state index is 1.21. The summed E-state index contributed by atoms with van der Waals surface area (Å²) in [7, 11) is 0. The highest BCUT2D eigenvalue weighted by molar-refractivity contribution is 6.26. The maximum absolute atomic E-state index is 3.60. The first-order valence-electron chi connectivity index (χ1n) is 7.56. The van der Waals surface area contributed by atoms with Gasteiger partial charge in [0.1, 0.15) is 0 Å². The molecule has 0 fully saturated rings. The monoisotopic (exact) mass is 280 g/mol. The van der Waals surface area contributed by atoms with E-state index in [1.165, 1.54) is 49.0 Å². The van der Waals surface area contributed by atoms with Crippen molar-refractivity contribution >= 4 is 49.0 Å². The van der Waals surface area contributed by atoms with Crippen molar-refractivity contribution in [3.63, 3.8) is 0 Å². The number of benzene rings is 3. The molecule has 6 aromatic rings. The Hall–Kier alpha value is -3.00. The Labute approximate surface area is 125 Å². The van der Waals surface area contributed by atoms with Crippen molar-refractivity contribution in [2.75, 3.05) is 0 Å². The minimum absolute atomic E-state index is 1.21. The number of fused-ring (bicyclic) bond motifs is 7. The van der Waals surface area contributed by atoms with E-state index in [0.717, 1.165) is 0 Å². The number of nitrogens with zero attached hydrogens (tertiary/aromatic N) is 1. The average molecular weight is 280 g/mol. The van der Waals surface area contributed by atoms with Crippen molar-refractivity contribution in [3.8, 4) is 0 Å². The Morgan fingerprint density at radius 2 is 1.50 bits per heavy atom. The van der Waals surface area contributed by atoms with Crippen LogP contribution in [0.5, 0.6) is 0 Å². The van der Waals surface area contributed by atoms with Gasteiger partial charge in [0.2, 0.25) is 0 Å². The Morgan fingerprint density at radius 3 is 2.45 bits per heavy atom. The molecule has 3 aromatic carbocycles. The lowest BCUT2D eigenvalue weighted by Crippen LogP contribution is -1.75. The van der Waals surface area contributed by atoms with E-state index >= 15 is 0 Å². The largest absolute Gasteiger partial charge is 0.354 e. The van der Waals surface area contributed by atoms with Gasteiger partial charge in [-0.15, -0.1) is 0 Å². The predicted molar refractivity (Wildman–Crippen MR) is 93.0 cm³/mol. The smallest absolute Gasteiger partial charge is 0.0629 e. The van der Waals surface area contributed by atoms with Gasteiger partial charge in [-0.1, -0.05) is 36.4 Å². The molecular weight excluding hydrogens is 268 g/mol. The Kier molecular flexibility index (Phi) is 1.66. The summed E-state index contributed by atoms with van der Waals surface area (Å²) in [6.07, 6.45) is 2.19. The average Bonchev–Trinajstić information content (AvgIpc) is 3.23. The number of hydrogen-bond donors (Lipinski definition) is 1. The number of H-pyrrole nitrogens is 1. The Morgan fingerprint density at radius 1 is 0.682 bits per heavy atom. The van der Waals surface area contributed by atoms with Crippen LogP contribution in [-0.4, -0.2) is 9.38 Å². The van der Waals surface area contributed by atoms with Gasteiger partial charge in [0.25, 0.3) is 0 Å². The maximum Gasteiger partial charge on any atom is 0.0629 e. The molecule has 1 N–H and O–H groups in total. The van der Waals surface area contributed by atoms with Crippen molar-refractivity contribution < 1.29 is 0 Å². The van der Waals surface area contributed by atoms with Gasteiger partial charge in [-0.3, -0.25) is 0 Å². The second kappa shape index (κ2) is 3.42. The van der Waals surface area contributed by atoms with Gasteiger partial charge >= 0.3 is 0 Å². The van der Waals surface area contributed by atoms with Crippen LogP contribution in [0.4, 0.5) is 0 Å². The summed E-state index contributed by atoms with van der Waals surface area (Å²) in [5, 5.41) is 6.59. The van der Waals surface area contributed by atoms with Gasteiger partial charge in [-0.25, -0.2) is 0 Å². The lowest BCUT2D eigenvalue weighted by Gasteiger charge is -1.96. The first-order valence-corrected chi connectivity index (χ1v) is 7.56. The molecule has 0 amide bonds.